The molecule has 1 heterocycles. The van der Waals surface area contributed by atoms with Crippen LogP contribution in [0.3, 0.4) is 0 Å². The van der Waals surface area contributed by atoms with Crippen LogP contribution in [0.15, 0.2) is 42.7 Å². The van der Waals surface area contributed by atoms with Crippen molar-refractivity contribution >= 4 is 11.6 Å². The van der Waals surface area contributed by atoms with Crippen LogP contribution < -0.4 is 10.1 Å². The molecule has 0 fully saturated rings. The molecule has 10 heteroatoms. The minimum absolute atomic E-state index is 0.339. The Morgan fingerprint density at radius 3 is 2.73 bits per heavy atom. The van der Waals surface area contributed by atoms with Crippen LogP contribution in [0, 0.1) is 17.5 Å². The van der Waals surface area contributed by atoms with Crippen molar-refractivity contribution in [2.75, 3.05) is 5.32 Å². The van der Waals surface area contributed by atoms with E-state index in [1.165, 1.54) is 17.9 Å². The van der Waals surface area contributed by atoms with Crippen LogP contribution in [0.5, 0.6) is 5.75 Å². The lowest BCUT2D eigenvalue weighted by molar-refractivity contribution is -0.122. The Morgan fingerprint density at radius 2 is 2.00 bits per heavy atom. The molecule has 0 aliphatic heterocycles. The number of hydrogen-bond acceptors (Lipinski definition) is 5. The Balaban J connectivity index is 1.70. The van der Waals surface area contributed by atoms with Gasteiger partial charge >= 0.3 is 0 Å². The molecule has 0 spiro atoms. The average molecular weight is 363 g/mol. The molecular weight excluding hydrogens is 351 g/mol. The van der Waals surface area contributed by atoms with E-state index in [0.717, 1.165) is 12.1 Å². The second-order valence-corrected chi connectivity index (χ2v) is 5.22. The van der Waals surface area contributed by atoms with Gasteiger partial charge in [0.25, 0.3) is 5.91 Å². The van der Waals surface area contributed by atoms with Gasteiger partial charge in [-0.05, 0) is 41.6 Å². The Morgan fingerprint density at radius 1 is 1.19 bits per heavy atom. The standard InChI is InChI=1S/C16H12F3N5O2/c1-9(16(25)21-13-6-5-12(17)14(18)15(13)19)26-11-4-2-3-10(7-11)24-8-20-22-23-24/h2-9H,1H3,(H,21,25)/t9-/m0/s1. The van der Waals surface area contributed by atoms with E-state index in [0.29, 0.717) is 11.4 Å². The van der Waals surface area contributed by atoms with Gasteiger partial charge < -0.3 is 10.1 Å². The van der Waals surface area contributed by atoms with Gasteiger partial charge in [-0.15, -0.1) is 5.10 Å². The van der Waals surface area contributed by atoms with Crippen LogP contribution in [0.1, 0.15) is 6.92 Å². The van der Waals surface area contributed by atoms with Gasteiger partial charge in [-0.25, -0.2) is 17.9 Å². The van der Waals surface area contributed by atoms with Gasteiger partial charge in [-0.1, -0.05) is 6.07 Å². The van der Waals surface area contributed by atoms with Crippen LogP contribution in [0.2, 0.25) is 0 Å². The molecule has 0 aliphatic carbocycles. The van der Waals surface area contributed by atoms with Gasteiger partial charge in [0.2, 0.25) is 0 Å². The molecule has 3 aromatic rings. The molecule has 2 aromatic carbocycles. The highest BCUT2D eigenvalue weighted by Gasteiger charge is 2.19. The highest BCUT2D eigenvalue weighted by Crippen LogP contribution is 2.21. The first-order chi connectivity index (χ1) is 12.5. The van der Waals surface area contributed by atoms with E-state index >= 15 is 0 Å². The summed E-state index contributed by atoms with van der Waals surface area (Å²) >= 11 is 0. The largest absolute Gasteiger partial charge is 0.481 e. The number of benzene rings is 2. The molecule has 0 saturated carbocycles. The number of nitrogens with zero attached hydrogens (tertiary/aromatic N) is 4. The Kier molecular flexibility index (Phi) is 4.83. The number of anilines is 1. The fraction of sp³-hybridized carbons (Fsp3) is 0.125. The zero-order valence-electron chi connectivity index (χ0n) is 13.4. The number of amides is 1. The van der Waals surface area contributed by atoms with Crippen molar-refractivity contribution in [3.63, 3.8) is 0 Å². The zero-order chi connectivity index (χ0) is 18.7. The second kappa shape index (κ2) is 7.21. The summed E-state index contributed by atoms with van der Waals surface area (Å²) in [5, 5.41) is 12.9. The lowest BCUT2D eigenvalue weighted by Crippen LogP contribution is -2.30. The summed E-state index contributed by atoms with van der Waals surface area (Å²) in [5.74, 6) is -4.88. The summed E-state index contributed by atoms with van der Waals surface area (Å²) in [6, 6.07) is 8.25. The lowest BCUT2D eigenvalue weighted by Gasteiger charge is -2.15. The summed E-state index contributed by atoms with van der Waals surface area (Å²) < 4.78 is 46.7. The second-order valence-electron chi connectivity index (χ2n) is 5.22. The topological polar surface area (TPSA) is 81.9 Å². The average Bonchev–Trinajstić information content (AvgIpc) is 3.17. The summed E-state index contributed by atoms with van der Waals surface area (Å²) in [6.07, 6.45) is 0.354. The molecule has 1 atom stereocenters. The number of tetrazole rings is 1. The quantitative estimate of drug-likeness (QED) is 0.705. The van der Waals surface area contributed by atoms with Crippen molar-refractivity contribution in [2.24, 2.45) is 0 Å². The molecule has 0 bridgehead atoms. The molecule has 0 unspecified atom stereocenters. The maximum absolute atomic E-state index is 13.6. The minimum Gasteiger partial charge on any atom is -0.481 e. The van der Waals surface area contributed by atoms with Crippen molar-refractivity contribution in [3.8, 4) is 11.4 Å². The molecule has 134 valence electrons. The third kappa shape index (κ3) is 3.63. The van der Waals surface area contributed by atoms with Gasteiger partial charge in [-0.2, -0.15) is 0 Å². The maximum Gasteiger partial charge on any atom is 0.265 e. The van der Waals surface area contributed by atoms with Gasteiger partial charge in [0.1, 0.15) is 12.1 Å². The zero-order valence-corrected chi connectivity index (χ0v) is 13.4. The fourth-order valence-corrected chi connectivity index (χ4v) is 2.09. The molecule has 1 N–H and O–H groups in total. The SMILES string of the molecule is C[C@H](Oc1cccc(-n2cnnn2)c1)C(=O)Nc1ccc(F)c(F)c1F. The van der Waals surface area contributed by atoms with E-state index in [2.05, 4.69) is 20.8 Å². The number of carbonyl (C=O) groups excluding carboxylic acids is 1. The first kappa shape index (κ1) is 17.4. The maximum atomic E-state index is 13.6. The van der Waals surface area contributed by atoms with Crippen LogP contribution in [-0.2, 0) is 4.79 Å². The van der Waals surface area contributed by atoms with Crippen molar-refractivity contribution in [1.82, 2.24) is 20.2 Å². The molecule has 0 saturated heterocycles. The number of ether oxygens (including phenoxy) is 1. The lowest BCUT2D eigenvalue weighted by atomic mass is 10.2. The summed E-state index contributed by atoms with van der Waals surface area (Å²) in [5.41, 5.74) is 0.124. The van der Waals surface area contributed by atoms with E-state index in [1.54, 1.807) is 24.3 Å². The highest BCUT2D eigenvalue weighted by atomic mass is 19.2. The number of nitrogens with one attached hydrogen (secondary N) is 1. The number of aromatic nitrogens is 4. The molecular formula is C16H12F3N5O2. The van der Waals surface area contributed by atoms with E-state index in [9.17, 15) is 18.0 Å². The molecule has 26 heavy (non-hydrogen) atoms. The Bertz CT molecular complexity index is 934. The highest BCUT2D eigenvalue weighted by molar-refractivity contribution is 5.94. The summed E-state index contributed by atoms with van der Waals surface area (Å²) in [4.78, 5) is 12.1. The van der Waals surface area contributed by atoms with Gasteiger partial charge in [-0.3, -0.25) is 4.79 Å². The molecule has 7 nitrogen and oxygen atoms in total. The van der Waals surface area contributed by atoms with Crippen molar-refractivity contribution in [2.45, 2.75) is 13.0 Å². The third-order valence-corrected chi connectivity index (χ3v) is 3.41. The van der Waals surface area contributed by atoms with Crippen molar-refractivity contribution in [3.05, 3.63) is 60.2 Å². The normalized spacial score (nSPS) is 11.8. The Labute approximate surface area is 145 Å². The molecule has 1 aromatic heterocycles. The van der Waals surface area contributed by atoms with E-state index in [-0.39, 0.29) is 0 Å². The fourth-order valence-electron chi connectivity index (χ4n) is 2.09. The first-order valence-electron chi connectivity index (χ1n) is 7.40. The smallest absolute Gasteiger partial charge is 0.265 e. The number of hydrogen-bond donors (Lipinski definition) is 1. The summed E-state index contributed by atoms with van der Waals surface area (Å²) in [7, 11) is 0. The van der Waals surface area contributed by atoms with E-state index in [1.807, 2.05) is 0 Å². The predicted molar refractivity (Wildman–Crippen MR) is 84.2 cm³/mol. The monoisotopic (exact) mass is 363 g/mol. The summed E-state index contributed by atoms with van der Waals surface area (Å²) in [6.45, 7) is 1.43. The van der Waals surface area contributed by atoms with E-state index < -0.39 is 35.2 Å². The van der Waals surface area contributed by atoms with Crippen LogP contribution in [-0.4, -0.2) is 32.2 Å². The van der Waals surface area contributed by atoms with Crippen molar-refractivity contribution < 1.29 is 22.7 Å². The van der Waals surface area contributed by atoms with Gasteiger partial charge in [0.15, 0.2) is 23.6 Å². The number of halogens is 3. The van der Waals surface area contributed by atoms with Crippen LogP contribution in [0.4, 0.5) is 18.9 Å². The van der Waals surface area contributed by atoms with Crippen molar-refractivity contribution in [1.29, 1.82) is 0 Å². The third-order valence-electron chi connectivity index (χ3n) is 3.41. The molecule has 0 radical (unpaired) electrons. The van der Waals surface area contributed by atoms with Crippen LogP contribution in [0.25, 0.3) is 5.69 Å². The predicted octanol–water partition coefficient (Wildman–Crippen LogP) is 2.49. The number of carbonyl (C=O) groups is 1. The number of rotatable bonds is 5. The minimum atomic E-state index is -1.66. The van der Waals surface area contributed by atoms with E-state index in [4.69, 9.17) is 4.74 Å². The van der Waals surface area contributed by atoms with Gasteiger partial charge in [0, 0.05) is 6.07 Å². The molecule has 3 rings (SSSR count). The van der Waals surface area contributed by atoms with Crippen LogP contribution >= 0.6 is 0 Å². The Hall–Kier alpha value is -3.43. The first-order valence-corrected chi connectivity index (χ1v) is 7.40. The molecule has 1 amide bonds. The molecule has 0 aliphatic rings. The van der Waals surface area contributed by atoms with Gasteiger partial charge in [0.05, 0.1) is 11.4 Å².